The number of hydrogen-bond acceptors (Lipinski definition) is 4. The van der Waals surface area contributed by atoms with Crippen LogP contribution < -0.4 is 0 Å². The van der Waals surface area contributed by atoms with E-state index in [1.165, 1.54) is 5.56 Å². The van der Waals surface area contributed by atoms with Gasteiger partial charge in [-0.3, -0.25) is 14.4 Å². The van der Waals surface area contributed by atoms with Crippen LogP contribution in [0.15, 0.2) is 77.8 Å². The SMILES string of the molecule is CC(=O)O.Cc1nnc2n1-c1ccc(-c3ccccc3)cc1C(c1ccc(Cl)cc1)=NC2. The van der Waals surface area contributed by atoms with Crippen molar-refractivity contribution in [3.63, 3.8) is 0 Å². The molecule has 0 saturated heterocycles. The number of nitrogens with zero attached hydrogens (tertiary/aromatic N) is 4. The second-order valence-corrected chi connectivity index (χ2v) is 7.72. The number of aromatic nitrogens is 3. The van der Waals surface area contributed by atoms with Gasteiger partial charge in [-0.25, -0.2) is 0 Å². The monoisotopic (exact) mass is 444 g/mol. The van der Waals surface area contributed by atoms with Gasteiger partial charge in [0.05, 0.1) is 11.4 Å². The van der Waals surface area contributed by atoms with Crippen molar-refractivity contribution in [3.05, 3.63) is 101 Å². The van der Waals surface area contributed by atoms with Gasteiger partial charge in [0.2, 0.25) is 0 Å². The third-order valence-corrected chi connectivity index (χ3v) is 5.24. The lowest BCUT2D eigenvalue weighted by Crippen LogP contribution is -2.08. The lowest BCUT2D eigenvalue weighted by Gasteiger charge is -2.14. The van der Waals surface area contributed by atoms with E-state index < -0.39 is 5.97 Å². The Kier molecular flexibility index (Phi) is 6.14. The summed E-state index contributed by atoms with van der Waals surface area (Å²) in [4.78, 5) is 13.9. The van der Waals surface area contributed by atoms with Gasteiger partial charge in [0.15, 0.2) is 5.82 Å². The molecule has 0 bridgehead atoms. The lowest BCUT2D eigenvalue weighted by atomic mass is 9.96. The van der Waals surface area contributed by atoms with Crippen molar-refractivity contribution in [2.75, 3.05) is 0 Å². The van der Waals surface area contributed by atoms with E-state index in [9.17, 15) is 0 Å². The summed E-state index contributed by atoms with van der Waals surface area (Å²) in [5, 5.41) is 16.7. The minimum Gasteiger partial charge on any atom is -0.481 e. The van der Waals surface area contributed by atoms with Gasteiger partial charge >= 0.3 is 0 Å². The molecule has 0 amide bonds. The zero-order valence-corrected chi connectivity index (χ0v) is 18.4. The first-order chi connectivity index (χ1) is 15.4. The van der Waals surface area contributed by atoms with Gasteiger partial charge in [-0.15, -0.1) is 10.2 Å². The molecule has 2 heterocycles. The van der Waals surface area contributed by atoms with Gasteiger partial charge in [-0.05, 0) is 42.3 Å². The predicted molar refractivity (Wildman–Crippen MR) is 126 cm³/mol. The number of halogens is 1. The first kappa shape index (κ1) is 21.5. The zero-order valence-electron chi connectivity index (χ0n) is 17.7. The molecule has 1 aromatic heterocycles. The summed E-state index contributed by atoms with van der Waals surface area (Å²) < 4.78 is 2.09. The van der Waals surface area contributed by atoms with Crippen LogP contribution in [0.2, 0.25) is 5.02 Å². The minimum absolute atomic E-state index is 0.480. The highest BCUT2D eigenvalue weighted by atomic mass is 35.5. The maximum absolute atomic E-state index is 9.00. The molecule has 0 radical (unpaired) electrons. The summed E-state index contributed by atoms with van der Waals surface area (Å²) in [5.74, 6) is 0.867. The fourth-order valence-corrected chi connectivity index (χ4v) is 3.77. The molecular weight excluding hydrogens is 424 g/mol. The number of aliphatic carboxylic acids is 1. The number of carboxylic acids is 1. The van der Waals surface area contributed by atoms with Crippen LogP contribution in [0.5, 0.6) is 0 Å². The maximum atomic E-state index is 9.00. The highest BCUT2D eigenvalue weighted by Crippen LogP contribution is 2.30. The number of aliphatic imine (C=N–C) groups is 1. The number of hydrogen-bond donors (Lipinski definition) is 1. The van der Waals surface area contributed by atoms with E-state index in [-0.39, 0.29) is 0 Å². The first-order valence-electron chi connectivity index (χ1n) is 10.0. The summed E-state index contributed by atoms with van der Waals surface area (Å²) in [5.41, 5.74) is 6.40. The largest absolute Gasteiger partial charge is 0.481 e. The number of fused-ring (bicyclic) bond motifs is 3. The maximum Gasteiger partial charge on any atom is 0.300 e. The topological polar surface area (TPSA) is 80.4 Å². The highest BCUT2D eigenvalue weighted by Gasteiger charge is 2.22. The normalized spacial score (nSPS) is 11.9. The van der Waals surface area contributed by atoms with Crippen LogP contribution in [0.25, 0.3) is 16.8 Å². The molecule has 6 nitrogen and oxygen atoms in total. The molecule has 0 aliphatic carbocycles. The molecule has 1 aliphatic rings. The van der Waals surface area contributed by atoms with E-state index in [2.05, 4.69) is 57.2 Å². The van der Waals surface area contributed by atoms with E-state index in [0.29, 0.717) is 11.6 Å². The fraction of sp³-hybridized carbons (Fsp3) is 0.120. The Labute approximate surface area is 190 Å². The molecule has 160 valence electrons. The van der Waals surface area contributed by atoms with Crippen molar-refractivity contribution in [3.8, 4) is 16.8 Å². The second-order valence-electron chi connectivity index (χ2n) is 7.29. The Morgan fingerprint density at radius 2 is 1.59 bits per heavy atom. The molecule has 0 saturated carbocycles. The Morgan fingerprint density at radius 1 is 0.938 bits per heavy atom. The third-order valence-electron chi connectivity index (χ3n) is 4.99. The Balaban J connectivity index is 0.000000567. The van der Waals surface area contributed by atoms with Gasteiger partial charge in [-0.2, -0.15) is 0 Å². The number of aryl methyl sites for hydroxylation is 1. The van der Waals surface area contributed by atoms with Gasteiger partial charge in [-0.1, -0.05) is 60.1 Å². The quantitative estimate of drug-likeness (QED) is 0.452. The summed E-state index contributed by atoms with van der Waals surface area (Å²) in [7, 11) is 0. The van der Waals surface area contributed by atoms with Crippen LogP contribution >= 0.6 is 11.6 Å². The van der Waals surface area contributed by atoms with Crippen molar-refractivity contribution in [2.24, 2.45) is 4.99 Å². The van der Waals surface area contributed by atoms with E-state index >= 15 is 0 Å². The Bertz CT molecular complexity index is 1290. The van der Waals surface area contributed by atoms with Crippen molar-refractivity contribution < 1.29 is 9.90 Å². The van der Waals surface area contributed by atoms with Crippen LogP contribution in [0, 0.1) is 6.92 Å². The summed E-state index contributed by atoms with van der Waals surface area (Å²) in [6, 6.07) is 24.7. The van der Waals surface area contributed by atoms with Crippen molar-refractivity contribution >= 4 is 23.3 Å². The molecule has 3 aromatic carbocycles. The van der Waals surface area contributed by atoms with Gasteiger partial charge < -0.3 is 5.11 Å². The lowest BCUT2D eigenvalue weighted by molar-refractivity contribution is -0.134. The molecule has 0 fully saturated rings. The number of carbonyl (C=O) groups is 1. The molecule has 0 spiro atoms. The predicted octanol–water partition coefficient (Wildman–Crippen LogP) is 5.34. The summed E-state index contributed by atoms with van der Waals surface area (Å²) >= 11 is 6.10. The molecule has 1 N–H and O–H groups in total. The zero-order chi connectivity index (χ0) is 22.7. The number of rotatable bonds is 2. The molecule has 7 heteroatoms. The Morgan fingerprint density at radius 3 is 2.28 bits per heavy atom. The van der Waals surface area contributed by atoms with Crippen LogP contribution in [0.4, 0.5) is 0 Å². The minimum atomic E-state index is -0.833. The molecule has 32 heavy (non-hydrogen) atoms. The third kappa shape index (κ3) is 4.45. The standard InChI is InChI=1S/C23H17ClN4.C2H4O2/c1-15-26-27-22-14-25-23(17-7-10-19(24)11-8-17)20-13-18(9-12-21(20)28(15)22)16-5-3-2-4-6-16;1-2(3)4/h2-13H,14H2,1H3;1H3,(H,3,4). The van der Waals surface area contributed by atoms with Crippen molar-refractivity contribution in [1.29, 1.82) is 0 Å². The molecule has 0 unspecified atom stereocenters. The molecule has 0 atom stereocenters. The van der Waals surface area contributed by atoms with Gasteiger partial charge in [0.25, 0.3) is 5.97 Å². The van der Waals surface area contributed by atoms with E-state index in [1.54, 1.807) is 0 Å². The average Bonchev–Trinajstić information content (AvgIpc) is 3.06. The molecule has 4 aromatic rings. The summed E-state index contributed by atoms with van der Waals surface area (Å²) in [6.45, 7) is 3.53. The Hall–Kier alpha value is -3.77. The van der Waals surface area contributed by atoms with E-state index in [0.717, 1.165) is 46.7 Å². The van der Waals surface area contributed by atoms with Crippen LogP contribution in [0.3, 0.4) is 0 Å². The van der Waals surface area contributed by atoms with Crippen molar-refractivity contribution in [1.82, 2.24) is 14.8 Å². The molecule has 5 rings (SSSR count). The fourth-order valence-electron chi connectivity index (χ4n) is 3.64. The second kappa shape index (κ2) is 9.16. The summed E-state index contributed by atoms with van der Waals surface area (Å²) in [6.07, 6.45) is 0. The van der Waals surface area contributed by atoms with Gasteiger partial charge in [0.1, 0.15) is 12.4 Å². The van der Waals surface area contributed by atoms with Crippen LogP contribution in [0.1, 0.15) is 29.7 Å². The van der Waals surface area contributed by atoms with E-state index in [4.69, 9.17) is 26.5 Å². The number of benzene rings is 3. The van der Waals surface area contributed by atoms with Crippen LogP contribution in [-0.4, -0.2) is 31.6 Å². The van der Waals surface area contributed by atoms with E-state index in [1.807, 2.05) is 37.3 Å². The molecule has 1 aliphatic heterocycles. The van der Waals surface area contributed by atoms with Crippen LogP contribution in [-0.2, 0) is 11.3 Å². The highest BCUT2D eigenvalue weighted by molar-refractivity contribution is 6.30. The first-order valence-corrected chi connectivity index (χ1v) is 10.4. The molecular formula is C25H21ClN4O2. The smallest absolute Gasteiger partial charge is 0.300 e. The number of carboxylic acid groups (broad SMARTS) is 1. The van der Waals surface area contributed by atoms with Crippen molar-refractivity contribution in [2.45, 2.75) is 20.4 Å². The van der Waals surface area contributed by atoms with Gasteiger partial charge in [0, 0.05) is 23.1 Å². The average molecular weight is 445 g/mol.